The second kappa shape index (κ2) is 5.63. The zero-order valence-corrected chi connectivity index (χ0v) is 12.6. The molecule has 0 aliphatic heterocycles. The fourth-order valence-corrected chi connectivity index (χ4v) is 3.95. The third-order valence-electron chi connectivity index (χ3n) is 4.03. The molecule has 0 radical (unpaired) electrons. The quantitative estimate of drug-likeness (QED) is 0.832. The Labute approximate surface area is 122 Å². The Morgan fingerprint density at radius 3 is 3.05 bits per heavy atom. The van der Waals surface area contributed by atoms with Gasteiger partial charge in [0, 0.05) is 6.04 Å². The van der Waals surface area contributed by atoms with Crippen LogP contribution in [-0.4, -0.2) is 16.0 Å². The van der Waals surface area contributed by atoms with Crippen molar-refractivity contribution < 1.29 is 0 Å². The molecule has 19 heavy (non-hydrogen) atoms. The van der Waals surface area contributed by atoms with E-state index in [0.29, 0.717) is 11.3 Å². The van der Waals surface area contributed by atoms with E-state index in [4.69, 9.17) is 11.6 Å². The minimum absolute atomic E-state index is 0.331. The van der Waals surface area contributed by atoms with Crippen LogP contribution in [0, 0.1) is 5.92 Å². The van der Waals surface area contributed by atoms with Crippen LogP contribution >= 0.6 is 22.9 Å². The molecular formula is C14H18ClN3S. The van der Waals surface area contributed by atoms with Crippen LogP contribution in [0.4, 0.5) is 5.82 Å². The molecule has 0 bridgehead atoms. The number of fused-ring (bicyclic) bond motifs is 1. The van der Waals surface area contributed by atoms with Crippen molar-refractivity contribution in [1.29, 1.82) is 0 Å². The molecular weight excluding hydrogens is 278 g/mol. The molecule has 2 unspecified atom stereocenters. The molecule has 0 amide bonds. The summed E-state index contributed by atoms with van der Waals surface area (Å²) in [5.41, 5.74) is 0.941. The maximum atomic E-state index is 6.01. The number of hydrogen-bond acceptors (Lipinski definition) is 4. The number of thiophene rings is 1. The Kier molecular flexibility index (Phi) is 3.89. The van der Waals surface area contributed by atoms with Crippen LogP contribution in [0.3, 0.4) is 0 Å². The smallest absolute Gasteiger partial charge is 0.224 e. The summed E-state index contributed by atoms with van der Waals surface area (Å²) in [7, 11) is 0. The van der Waals surface area contributed by atoms with Crippen molar-refractivity contribution in [3.63, 3.8) is 0 Å². The van der Waals surface area contributed by atoms with Crippen molar-refractivity contribution in [2.24, 2.45) is 5.92 Å². The number of hydrogen-bond donors (Lipinski definition) is 1. The van der Waals surface area contributed by atoms with Crippen LogP contribution < -0.4 is 5.32 Å². The number of nitrogens with one attached hydrogen (secondary N) is 1. The predicted molar refractivity (Wildman–Crippen MR) is 82.1 cm³/mol. The van der Waals surface area contributed by atoms with E-state index in [1.54, 1.807) is 11.3 Å². The van der Waals surface area contributed by atoms with Gasteiger partial charge in [0.05, 0.1) is 10.2 Å². The lowest BCUT2D eigenvalue weighted by Gasteiger charge is -2.32. The van der Waals surface area contributed by atoms with Crippen LogP contribution in [0.2, 0.25) is 5.28 Å². The number of aromatic nitrogens is 2. The van der Waals surface area contributed by atoms with Gasteiger partial charge >= 0.3 is 0 Å². The van der Waals surface area contributed by atoms with Gasteiger partial charge in [0.1, 0.15) is 5.82 Å². The van der Waals surface area contributed by atoms with Crippen LogP contribution in [0.25, 0.3) is 10.2 Å². The van der Waals surface area contributed by atoms with Crippen molar-refractivity contribution >= 4 is 39.0 Å². The number of anilines is 1. The van der Waals surface area contributed by atoms with Crippen LogP contribution in [0.1, 0.15) is 39.0 Å². The predicted octanol–water partition coefficient (Wildman–Crippen LogP) is 4.73. The molecule has 1 aliphatic rings. The zero-order chi connectivity index (χ0) is 13.2. The molecule has 3 nitrogen and oxygen atoms in total. The summed E-state index contributed by atoms with van der Waals surface area (Å²) in [5, 5.41) is 6.00. The highest BCUT2D eigenvalue weighted by atomic mass is 35.5. The molecule has 0 saturated heterocycles. The van der Waals surface area contributed by atoms with Gasteiger partial charge in [-0.2, -0.15) is 4.98 Å². The van der Waals surface area contributed by atoms with Gasteiger partial charge in [0.15, 0.2) is 0 Å². The summed E-state index contributed by atoms with van der Waals surface area (Å²) < 4.78 is 1.12. The first-order chi connectivity index (χ1) is 9.28. The summed E-state index contributed by atoms with van der Waals surface area (Å²) >= 11 is 7.69. The molecule has 5 heteroatoms. The molecule has 2 aromatic heterocycles. The van der Waals surface area contributed by atoms with E-state index in [1.807, 2.05) is 11.4 Å². The average Bonchev–Trinajstić information content (AvgIpc) is 2.87. The topological polar surface area (TPSA) is 37.8 Å². The summed E-state index contributed by atoms with van der Waals surface area (Å²) in [6.45, 7) is 2.28. The second-order valence-corrected chi connectivity index (χ2v) is 6.43. The zero-order valence-electron chi connectivity index (χ0n) is 11.0. The molecule has 2 heterocycles. The average molecular weight is 296 g/mol. The van der Waals surface area contributed by atoms with Gasteiger partial charge in [-0.15, -0.1) is 11.3 Å². The maximum absolute atomic E-state index is 6.01. The van der Waals surface area contributed by atoms with Gasteiger partial charge < -0.3 is 5.32 Å². The Hall–Kier alpha value is -0.870. The standard InChI is InChI=1S/C14H18ClN3S/c1-2-9-5-3-4-6-10(9)16-13-12-11(7-8-19-12)17-14(15)18-13/h7-10H,2-6H2,1H3,(H,16,17,18). The number of halogens is 1. The van der Waals surface area contributed by atoms with Crippen molar-refractivity contribution in [2.45, 2.75) is 45.1 Å². The van der Waals surface area contributed by atoms with Crippen molar-refractivity contribution in [2.75, 3.05) is 5.32 Å². The highest BCUT2D eigenvalue weighted by Gasteiger charge is 2.24. The lowest BCUT2D eigenvalue weighted by molar-refractivity contribution is 0.317. The van der Waals surface area contributed by atoms with Gasteiger partial charge in [0.25, 0.3) is 0 Å². The summed E-state index contributed by atoms with van der Waals surface area (Å²) in [6.07, 6.45) is 6.44. The number of rotatable bonds is 3. The normalized spacial score (nSPS) is 23.7. The summed E-state index contributed by atoms with van der Waals surface area (Å²) in [4.78, 5) is 8.64. The fourth-order valence-electron chi connectivity index (χ4n) is 2.99. The van der Waals surface area contributed by atoms with E-state index in [1.165, 1.54) is 32.1 Å². The molecule has 0 spiro atoms. The minimum atomic E-state index is 0.331. The molecule has 1 saturated carbocycles. The van der Waals surface area contributed by atoms with E-state index in [-0.39, 0.29) is 0 Å². The Balaban J connectivity index is 1.89. The highest BCUT2D eigenvalue weighted by molar-refractivity contribution is 7.17. The van der Waals surface area contributed by atoms with Crippen molar-refractivity contribution in [3.05, 3.63) is 16.7 Å². The molecule has 2 aromatic rings. The molecule has 1 fully saturated rings. The van der Waals surface area contributed by atoms with E-state index < -0.39 is 0 Å². The van der Waals surface area contributed by atoms with Gasteiger partial charge in [-0.25, -0.2) is 4.98 Å². The van der Waals surface area contributed by atoms with Gasteiger partial charge in [-0.3, -0.25) is 0 Å². The Morgan fingerprint density at radius 1 is 1.37 bits per heavy atom. The molecule has 102 valence electrons. The molecule has 3 rings (SSSR count). The lowest BCUT2D eigenvalue weighted by Crippen LogP contribution is -2.32. The van der Waals surface area contributed by atoms with Gasteiger partial charge in [0.2, 0.25) is 5.28 Å². The van der Waals surface area contributed by atoms with Crippen molar-refractivity contribution in [3.8, 4) is 0 Å². The summed E-state index contributed by atoms with van der Waals surface area (Å²) in [5.74, 6) is 1.66. The van der Waals surface area contributed by atoms with Crippen LogP contribution in [-0.2, 0) is 0 Å². The first kappa shape index (κ1) is 13.1. The molecule has 0 aromatic carbocycles. The third-order valence-corrected chi connectivity index (χ3v) is 5.11. The van der Waals surface area contributed by atoms with E-state index in [9.17, 15) is 0 Å². The lowest BCUT2D eigenvalue weighted by atomic mass is 9.83. The SMILES string of the molecule is CCC1CCCCC1Nc1nc(Cl)nc2ccsc12. The second-order valence-electron chi connectivity index (χ2n) is 5.18. The first-order valence-corrected chi connectivity index (χ1v) is 8.21. The van der Waals surface area contributed by atoms with E-state index >= 15 is 0 Å². The number of nitrogens with zero attached hydrogens (tertiary/aromatic N) is 2. The third kappa shape index (κ3) is 2.70. The van der Waals surface area contributed by atoms with Gasteiger partial charge in [-0.1, -0.05) is 26.2 Å². The van der Waals surface area contributed by atoms with Crippen molar-refractivity contribution in [1.82, 2.24) is 9.97 Å². The van der Waals surface area contributed by atoms with E-state index in [2.05, 4.69) is 22.2 Å². The minimum Gasteiger partial charge on any atom is -0.366 e. The molecule has 1 N–H and O–H groups in total. The highest BCUT2D eigenvalue weighted by Crippen LogP contribution is 2.33. The largest absolute Gasteiger partial charge is 0.366 e. The maximum Gasteiger partial charge on any atom is 0.224 e. The van der Waals surface area contributed by atoms with Crippen LogP contribution in [0.5, 0.6) is 0 Å². The fraction of sp³-hybridized carbons (Fsp3) is 0.571. The molecule has 2 atom stereocenters. The first-order valence-electron chi connectivity index (χ1n) is 6.95. The Morgan fingerprint density at radius 2 is 2.21 bits per heavy atom. The molecule has 1 aliphatic carbocycles. The van der Waals surface area contributed by atoms with E-state index in [0.717, 1.165) is 22.0 Å². The van der Waals surface area contributed by atoms with Gasteiger partial charge in [-0.05, 0) is 41.8 Å². The summed E-state index contributed by atoms with van der Waals surface area (Å²) in [6, 6.07) is 2.52. The Bertz CT molecular complexity index is 569. The van der Waals surface area contributed by atoms with Crippen LogP contribution in [0.15, 0.2) is 11.4 Å². The monoisotopic (exact) mass is 295 g/mol.